The average molecular weight is 644 g/mol. The van der Waals surface area contributed by atoms with E-state index in [1.54, 1.807) is 0 Å². The van der Waals surface area contributed by atoms with Crippen molar-refractivity contribution in [3.8, 4) is 0 Å². The topological polar surface area (TPSA) is 9.72 Å². The molecule has 0 aromatic heterocycles. The van der Waals surface area contributed by atoms with E-state index >= 15 is 0 Å². The van der Waals surface area contributed by atoms with E-state index < -0.39 is 17.1 Å². The van der Waals surface area contributed by atoms with Gasteiger partial charge in [0.25, 0.3) is 0 Å². The first-order chi connectivity index (χ1) is 14.1. The van der Waals surface area contributed by atoms with Crippen LogP contribution in [0.25, 0.3) is 0 Å². The normalized spacial score (nSPS) is 11.8. The molecular weight excluding hydrogens is 601 g/mol. The van der Waals surface area contributed by atoms with Crippen LogP contribution in [0.4, 0.5) is 0 Å². The monoisotopic (exact) mass is 643 g/mol. The van der Waals surface area contributed by atoms with Crippen molar-refractivity contribution in [2.45, 2.75) is 119 Å². The van der Waals surface area contributed by atoms with Crippen LogP contribution in [0.2, 0.25) is 0 Å². The van der Waals surface area contributed by atoms with Crippen molar-refractivity contribution in [1.82, 2.24) is 14.7 Å². The molecule has 0 amide bonds. The fourth-order valence-electron chi connectivity index (χ4n) is 3.56. The molecule has 0 heterocycles. The van der Waals surface area contributed by atoms with Crippen LogP contribution in [-0.4, -0.2) is 81.0 Å². The Bertz CT molecular complexity index is 491. The zero-order chi connectivity index (χ0) is 24.6. The third kappa shape index (κ3) is 11.2. The van der Waals surface area contributed by atoms with Crippen LogP contribution in [-0.2, 0) is 0 Å². The second-order valence-corrected chi connectivity index (χ2v) is 36.2. The van der Waals surface area contributed by atoms with Gasteiger partial charge >= 0.3 is 226 Å². The molecule has 0 unspecified atom stereocenters. The molecule has 0 bridgehead atoms. The molecule has 0 rings (SSSR count). The second-order valence-electron chi connectivity index (χ2n) is 9.22. The number of thiocarbonyl (C=S) groups is 3. The molecule has 0 N–H and O–H groups in total. The van der Waals surface area contributed by atoms with Crippen molar-refractivity contribution in [3.63, 3.8) is 0 Å². The van der Waals surface area contributed by atoms with Gasteiger partial charge in [-0.15, -0.1) is 0 Å². The number of hydrogen-bond acceptors (Lipinski definition) is 6. The standard InChI is InChI=1S/3C7H15NS2.In/c3*1-5(2)8(6(3)4)7(9)10;/h3*5-6H,1-4H3,(H,9,10);/q;;;+3/p-3. The summed E-state index contributed by atoms with van der Waals surface area (Å²) in [6, 6.07) is 2.29. The van der Waals surface area contributed by atoms with Gasteiger partial charge in [0.05, 0.1) is 0 Å². The summed E-state index contributed by atoms with van der Waals surface area (Å²) in [5, 5.41) is 0. The van der Waals surface area contributed by atoms with Crippen molar-refractivity contribution in [3.05, 3.63) is 0 Å². The van der Waals surface area contributed by atoms with Gasteiger partial charge in [-0.25, -0.2) is 0 Å². The summed E-state index contributed by atoms with van der Waals surface area (Å²) in [5.74, 6) is 0. The summed E-state index contributed by atoms with van der Waals surface area (Å²) in [7, 11) is 5.74. The zero-order valence-electron chi connectivity index (χ0n) is 21.3. The molecule has 0 spiro atoms. The quantitative estimate of drug-likeness (QED) is 0.236. The Morgan fingerprint density at radius 2 is 0.613 bits per heavy atom. The summed E-state index contributed by atoms with van der Waals surface area (Å²) in [6.45, 7) is 26.6. The molecule has 0 aliphatic rings. The van der Waals surface area contributed by atoms with Crippen molar-refractivity contribution >= 4 is 92.5 Å². The molecular formula is C21H42InN3S6. The minimum atomic E-state index is -2.48. The van der Waals surface area contributed by atoms with Crippen molar-refractivity contribution in [2.24, 2.45) is 0 Å². The third-order valence-electron chi connectivity index (χ3n) is 4.56. The first-order valence-electron chi connectivity index (χ1n) is 11.1. The Kier molecular flexibility index (Phi) is 16.4. The fourth-order valence-corrected chi connectivity index (χ4v) is 42.8. The van der Waals surface area contributed by atoms with Gasteiger partial charge in [0.2, 0.25) is 0 Å². The van der Waals surface area contributed by atoms with Crippen LogP contribution in [0.3, 0.4) is 0 Å². The Morgan fingerprint density at radius 1 is 0.452 bits per heavy atom. The summed E-state index contributed by atoms with van der Waals surface area (Å²) in [5.41, 5.74) is 0. The SMILES string of the molecule is CC(C)N(C(=S)[S][In]([S]C(=S)N(C(C)C)C(C)C)[S]C(=S)N(C(C)C)C(C)C)C(C)C. The molecule has 0 atom stereocenters. The third-order valence-corrected chi connectivity index (χ3v) is 34.6. The molecule has 0 aliphatic heterocycles. The van der Waals surface area contributed by atoms with Crippen LogP contribution < -0.4 is 0 Å². The van der Waals surface area contributed by atoms with E-state index in [1.807, 2.05) is 25.8 Å². The zero-order valence-corrected chi connectivity index (χ0v) is 29.5. The maximum atomic E-state index is 5.95. The Labute approximate surface area is 224 Å². The predicted molar refractivity (Wildman–Crippen MR) is 163 cm³/mol. The second kappa shape index (κ2) is 15.6. The first kappa shape index (κ1) is 32.6. The van der Waals surface area contributed by atoms with Crippen LogP contribution in [0, 0.1) is 0 Å². The van der Waals surface area contributed by atoms with E-state index in [4.69, 9.17) is 36.7 Å². The molecule has 0 saturated heterocycles. The molecule has 0 aromatic rings. The van der Waals surface area contributed by atoms with Gasteiger partial charge in [-0.1, -0.05) is 0 Å². The van der Waals surface area contributed by atoms with Gasteiger partial charge < -0.3 is 0 Å². The van der Waals surface area contributed by atoms with Crippen molar-refractivity contribution in [2.75, 3.05) is 0 Å². The first-order valence-corrected chi connectivity index (χ1v) is 27.1. The molecule has 0 aromatic carbocycles. The van der Waals surface area contributed by atoms with Gasteiger partial charge in [-0.05, 0) is 0 Å². The maximum absolute atomic E-state index is 5.95. The van der Waals surface area contributed by atoms with E-state index in [9.17, 15) is 0 Å². The molecule has 0 saturated carbocycles. The van der Waals surface area contributed by atoms with Crippen molar-refractivity contribution in [1.29, 1.82) is 0 Å². The van der Waals surface area contributed by atoms with E-state index in [0.29, 0.717) is 36.3 Å². The summed E-state index contributed by atoms with van der Waals surface area (Å²) >= 11 is 15.4. The molecule has 180 valence electrons. The summed E-state index contributed by atoms with van der Waals surface area (Å²) in [4.78, 5) is 7.05. The molecule has 0 aliphatic carbocycles. The number of nitrogens with zero attached hydrogens (tertiary/aromatic N) is 3. The Hall–Kier alpha value is 1.59. The van der Waals surface area contributed by atoms with E-state index in [2.05, 4.69) is 97.8 Å². The fraction of sp³-hybridized carbons (Fsp3) is 0.857. The summed E-state index contributed by atoms with van der Waals surface area (Å²) in [6.07, 6.45) is 0. The van der Waals surface area contributed by atoms with Crippen LogP contribution in [0.15, 0.2) is 0 Å². The van der Waals surface area contributed by atoms with Crippen LogP contribution in [0.5, 0.6) is 0 Å². The van der Waals surface area contributed by atoms with Crippen molar-refractivity contribution < 1.29 is 0 Å². The van der Waals surface area contributed by atoms with Crippen LogP contribution in [0.1, 0.15) is 83.1 Å². The molecule has 3 nitrogen and oxygen atoms in total. The summed E-state index contributed by atoms with van der Waals surface area (Å²) < 4.78 is 2.99. The van der Waals surface area contributed by atoms with Gasteiger partial charge in [0, 0.05) is 0 Å². The van der Waals surface area contributed by atoms with E-state index in [0.717, 1.165) is 13.0 Å². The van der Waals surface area contributed by atoms with E-state index in [1.165, 1.54) is 0 Å². The molecule has 31 heavy (non-hydrogen) atoms. The Morgan fingerprint density at radius 3 is 0.742 bits per heavy atom. The van der Waals surface area contributed by atoms with Gasteiger partial charge in [-0.2, -0.15) is 0 Å². The molecule has 10 heteroatoms. The average Bonchev–Trinajstić information content (AvgIpc) is 2.51. The molecule has 0 fully saturated rings. The van der Waals surface area contributed by atoms with Crippen LogP contribution >= 0.6 is 62.4 Å². The van der Waals surface area contributed by atoms with Gasteiger partial charge in [0.15, 0.2) is 0 Å². The van der Waals surface area contributed by atoms with E-state index in [-0.39, 0.29) is 0 Å². The van der Waals surface area contributed by atoms with Gasteiger partial charge in [-0.3, -0.25) is 0 Å². The number of hydrogen-bond donors (Lipinski definition) is 0. The van der Waals surface area contributed by atoms with Gasteiger partial charge in [0.1, 0.15) is 0 Å². The molecule has 0 radical (unpaired) electrons. The Balaban J connectivity index is 5.78. The minimum absolute atomic E-state index is 0.381. The predicted octanol–water partition coefficient (Wildman–Crippen LogP) is 7.38. The number of rotatable bonds is 9.